The molecule has 0 aromatic heterocycles. The number of likely N-dealkylation sites (N-methyl/N-ethyl adjacent to an activating group) is 2. The minimum absolute atomic E-state index is 0.0556. The van der Waals surface area contributed by atoms with Crippen LogP contribution in [-0.2, 0) is 4.74 Å². The quantitative estimate of drug-likeness (QED) is 0.681. The second-order valence-electron chi connectivity index (χ2n) is 6.77. The van der Waals surface area contributed by atoms with E-state index in [9.17, 15) is 4.39 Å². The molecule has 3 aliphatic heterocycles. The Bertz CT molecular complexity index is 312. The van der Waals surface area contributed by atoms with Gasteiger partial charge in [-0.05, 0) is 20.5 Å². The minimum atomic E-state index is -0.272. The molecule has 3 aliphatic rings. The van der Waals surface area contributed by atoms with Crippen molar-refractivity contribution in [2.24, 2.45) is 22.8 Å². The number of halogens is 1. The lowest BCUT2D eigenvalue weighted by Gasteiger charge is -2.24. The molecule has 20 heavy (non-hydrogen) atoms. The van der Waals surface area contributed by atoms with Gasteiger partial charge in [-0.25, -0.2) is 0 Å². The zero-order chi connectivity index (χ0) is 14.8. The van der Waals surface area contributed by atoms with Crippen molar-refractivity contribution in [3.8, 4) is 0 Å². The van der Waals surface area contributed by atoms with Crippen LogP contribution in [0.15, 0.2) is 0 Å². The number of alkyl halides is 1. The number of likely N-dealkylation sites (tertiary alicyclic amines) is 2. The van der Waals surface area contributed by atoms with Gasteiger partial charge in [-0.1, -0.05) is 0 Å². The molecule has 0 bridgehead atoms. The predicted octanol–water partition coefficient (Wildman–Crippen LogP) is -0.489. The van der Waals surface area contributed by atoms with Gasteiger partial charge in [-0.15, -0.1) is 0 Å². The van der Waals surface area contributed by atoms with Crippen LogP contribution in [0.2, 0.25) is 0 Å². The molecule has 0 aliphatic carbocycles. The van der Waals surface area contributed by atoms with Crippen molar-refractivity contribution >= 4 is 0 Å². The fourth-order valence-electron chi connectivity index (χ4n) is 3.57. The Labute approximate surface area is 121 Å². The molecule has 4 atom stereocenters. The first-order chi connectivity index (χ1) is 9.47. The predicted molar refractivity (Wildman–Crippen MR) is 78.3 cm³/mol. The van der Waals surface area contributed by atoms with Crippen molar-refractivity contribution in [3.05, 3.63) is 0 Å². The summed E-state index contributed by atoms with van der Waals surface area (Å²) in [6.45, 7) is 5.31. The molecule has 0 aromatic carbocycles. The van der Waals surface area contributed by atoms with Crippen LogP contribution < -0.4 is 11.5 Å². The van der Waals surface area contributed by atoms with E-state index in [1.807, 2.05) is 7.05 Å². The summed E-state index contributed by atoms with van der Waals surface area (Å²) in [5, 5.41) is 0. The lowest BCUT2D eigenvalue weighted by Crippen LogP contribution is -2.40. The van der Waals surface area contributed by atoms with Gasteiger partial charge in [-0.2, -0.15) is 0 Å². The van der Waals surface area contributed by atoms with E-state index in [4.69, 9.17) is 16.2 Å². The highest BCUT2D eigenvalue weighted by Gasteiger charge is 2.46. The molecule has 4 N–H and O–H groups in total. The molecular formula is C14H29FN4O. The normalized spacial score (nSPS) is 42.1. The molecule has 3 saturated heterocycles. The van der Waals surface area contributed by atoms with E-state index in [2.05, 4.69) is 16.8 Å². The Morgan fingerprint density at radius 2 is 1.95 bits per heavy atom. The van der Waals surface area contributed by atoms with E-state index in [1.54, 1.807) is 0 Å². The molecule has 0 radical (unpaired) electrons. The average Bonchev–Trinajstić information content (AvgIpc) is 3.04. The topological polar surface area (TPSA) is 67.8 Å². The molecule has 0 amide bonds. The van der Waals surface area contributed by atoms with E-state index in [-0.39, 0.29) is 18.6 Å². The van der Waals surface area contributed by atoms with E-state index in [1.165, 1.54) is 0 Å². The Hall–Kier alpha value is -0.270. The number of nitrogens with two attached hydrogens (primary N) is 2. The van der Waals surface area contributed by atoms with Crippen LogP contribution in [0.5, 0.6) is 0 Å². The SMILES string of the molecule is CN1CC(N)C(CF)C1.CN1CC(N)C2(CCOC2)C1. The highest BCUT2D eigenvalue weighted by atomic mass is 19.1. The highest BCUT2D eigenvalue weighted by Crippen LogP contribution is 2.36. The second kappa shape index (κ2) is 6.66. The molecule has 118 valence electrons. The molecule has 3 rings (SSSR count). The van der Waals surface area contributed by atoms with E-state index < -0.39 is 0 Å². The molecule has 4 unspecified atom stereocenters. The van der Waals surface area contributed by atoms with E-state index in [0.717, 1.165) is 45.8 Å². The van der Waals surface area contributed by atoms with Crippen LogP contribution in [0.25, 0.3) is 0 Å². The van der Waals surface area contributed by atoms with Gasteiger partial charge in [0.25, 0.3) is 0 Å². The van der Waals surface area contributed by atoms with Gasteiger partial charge in [0.1, 0.15) is 0 Å². The van der Waals surface area contributed by atoms with Crippen molar-refractivity contribution in [2.45, 2.75) is 18.5 Å². The van der Waals surface area contributed by atoms with Crippen molar-refractivity contribution in [2.75, 3.05) is 60.2 Å². The first-order valence-electron chi connectivity index (χ1n) is 7.49. The lowest BCUT2D eigenvalue weighted by atomic mass is 9.83. The summed E-state index contributed by atoms with van der Waals surface area (Å²) in [4.78, 5) is 4.37. The summed E-state index contributed by atoms with van der Waals surface area (Å²) in [6.07, 6.45) is 1.15. The third-order valence-electron chi connectivity index (χ3n) is 4.89. The van der Waals surface area contributed by atoms with Gasteiger partial charge in [0.15, 0.2) is 0 Å². The Balaban J connectivity index is 0.000000151. The van der Waals surface area contributed by atoms with E-state index >= 15 is 0 Å². The lowest BCUT2D eigenvalue weighted by molar-refractivity contribution is 0.148. The first-order valence-corrected chi connectivity index (χ1v) is 7.49. The van der Waals surface area contributed by atoms with Crippen LogP contribution in [0.1, 0.15) is 6.42 Å². The van der Waals surface area contributed by atoms with Gasteiger partial charge < -0.3 is 26.0 Å². The number of ether oxygens (including phenoxy) is 1. The number of hydrogen-bond donors (Lipinski definition) is 2. The standard InChI is InChI=1S/C8H16N2O.C6H13FN2/c1-10-4-7(9)8(5-10)2-3-11-6-8;1-9-3-5(2-7)6(8)4-9/h7H,2-6,9H2,1H3;5-6H,2-4,8H2,1H3. The maximum atomic E-state index is 12.0. The van der Waals surface area contributed by atoms with Crippen LogP contribution in [0.3, 0.4) is 0 Å². The summed E-state index contributed by atoms with van der Waals surface area (Å²) in [5.74, 6) is 0.0787. The molecule has 1 spiro atoms. The van der Waals surface area contributed by atoms with E-state index in [0.29, 0.717) is 11.5 Å². The monoisotopic (exact) mass is 288 g/mol. The zero-order valence-corrected chi connectivity index (χ0v) is 12.7. The smallest absolute Gasteiger partial charge is 0.0950 e. The van der Waals surface area contributed by atoms with Crippen molar-refractivity contribution < 1.29 is 9.13 Å². The van der Waals surface area contributed by atoms with Crippen molar-refractivity contribution in [3.63, 3.8) is 0 Å². The summed E-state index contributed by atoms with van der Waals surface area (Å²) in [7, 11) is 4.10. The summed E-state index contributed by atoms with van der Waals surface area (Å²) in [6, 6.07) is 0.384. The summed E-state index contributed by atoms with van der Waals surface area (Å²) < 4.78 is 17.4. The number of nitrogens with zero attached hydrogens (tertiary/aromatic N) is 2. The van der Waals surface area contributed by atoms with Gasteiger partial charge >= 0.3 is 0 Å². The van der Waals surface area contributed by atoms with Crippen LogP contribution >= 0.6 is 0 Å². The highest BCUT2D eigenvalue weighted by molar-refractivity contribution is 5.00. The van der Waals surface area contributed by atoms with Crippen molar-refractivity contribution in [1.29, 1.82) is 0 Å². The Morgan fingerprint density at radius 3 is 2.30 bits per heavy atom. The summed E-state index contributed by atoms with van der Waals surface area (Å²) >= 11 is 0. The zero-order valence-electron chi connectivity index (χ0n) is 12.7. The first kappa shape index (κ1) is 16.1. The molecule has 6 heteroatoms. The van der Waals surface area contributed by atoms with Crippen LogP contribution in [0, 0.1) is 11.3 Å². The largest absolute Gasteiger partial charge is 0.381 e. The maximum Gasteiger partial charge on any atom is 0.0950 e. The van der Waals surface area contributed by atoms with Gasteiger partial charge in [-0.3, -0.25) is 4.39 Å². The van der Waals surface area contributed by atoms with Gasteiger partial charge in [0.2, 0.25) is 0 Å². The van der Waals surface area contributed by atoms with Crippen LogP contribution in [-0.4, -0.2) is 82.0 Å². The van der Waals surface area contributed by atoms with Gasteiger partial charge in [0, 0.05) is 56.2 Å². The molecular weight excluding hydrogens is 259 g/mol. The van der Waals surface area contributed by atoms with Gasteiger partial charge in [0.05, 0.1) is 13.3 Å². The fraction of sp³-hybridized carbons (Fsp3) is 1.00. The van der Waals surface area contributed by atoms with Crippen molar-refractivity contribution in [1.82, 2.24) is 9.80 Å². The maximum absolute atomic E-state index is 12.0. The molecule has 3 heterocycles. The Morgan fingerprint density at radius 1 is 1.20 bits per heavy atom. The van der Waals surface area contributed by atoms with Crippen LogP contribution in [0.4, 0.5) is 4.39 Å². The molecule has 0 aromatic rings. The molecule has 0 saturated carbocycles. The Kier molecular flexibility index (Phi) is 5.36. The molecule has 5 nitrogen and oxygen atoms in total. The third kappa shape index (κ3) is 3.49. The summed E-state index contributed by atoms with van der Waals surface area (Å²) in [5.41, 5.74) is 11.9. The fourth-order valence-corrected chi connectivity index (χ4v) is 3.57. The average molecular weight is 288 g/mol. The second-order valence-corrected chi connectivity index (χ2v) is 6.77. The number of rotatable bonds is 1. The minimum Gasteiger partial charge on any atom is -0.381 e. The number of hydrogen-bond acceptors (Lipinski definition) is 5. The third-order valence-corrected chi connectivity index (χ3v) is 4.89. The molecule has 3 fully saturated rings.